The van der Waals surface area contributed by atoms with Gasteiger partial charge in [-0.05, 0) is 31.4 Å². The van der Waals surface area contributed by atoms with Crippen LogP contribution in [0.2, 0.25) is 0 Å². The summed E-state index contributed by atoms with van der Waals surface area (Å²) >= 11 is 6.30. The van der Waals surface area contributed by atoms with Gasteiger partial charge in [0.2, 0.25) is 0 Å². The molecule has 1 unspecified atom stereocenters. The molecule has 1 fully saturated rings. The molecule has 1 atom stereocenters. The maximum Gasteiger partial charge on any atom is 0.326 e. The Labute approximate surface area is 138 Å². The highest BCUT2D eigenvalue weighted by atomic mass is 32.2. The highest BCUT2D eigenvalue weighted by Gasteiger charge is 2.40. The maximum atomic E-state index is 12.5. The molecule has 1 aromatic rings. The number of carbonyl (C=O) groups is 2. The van der Waals surface area contributed by atoms with Gasteiger partial charge >= 0.3 is 5.97 Å². The van der Waals surface area contributed by atoms with E-state index in [4.69, 9.17) is 16.6 Å². The summed E-state index contributed by atoms with van der Waals surface area (Å²) in [5.41, 5.74) is 0. The van der Waals surface area contributed by atoms with E-state index < -0.39 is 12.0 Å². The number of aryl methyl sites for hydroxylation is 1. The first-order chi connectivity index (χ1) is 10.3. The largest absolute Gasteiger partial charge is 0.480 e. The number of thioether (sulfide) groups is 1. The lowest BCUT2D eigenvalue weighted by Gasteiger charge is -2.24. The Kier molecular flexibility index (Phi) is 5.08. The van der Waals surface area contributed by atoms with E-state index in [1.165, 1.54) is 4.90 Å². The highest BCUT2D eigenvalue weighted by Crippen LogP contribution is 2.35. The van der Waals surface area contributed by atoms with Crippen LogP contribution in [0.15, 0.2) is 21.5 Å². The lowest BCUT2D eigenvalue weighted by Crippen LogP contribution is -2.44. The Hall–Kier alpha value is -1.60. The number of carbonyl (C=O) groups excluding carboxylic acids is 1. The molecule has 1 N–H and O–H groups in total. The maximum absolute atomic E-state index is 12.5. The number of furan rings is 1. The monoisotopic (exact) mass is 339 g/mol. The first-order valence-electron chi connectivity index (χ1n) is 6.86. The second kappa shape index (κ2) is 6.66. The first kappa shape index (κ1) is 16.8. The van der Waals surface area contributed by atoms with Crippen molar-refractivity contribution in [2.45, 2.75) is 33.2 Å². The number of hydrogen-bond donors (Lipinski definition) is 1. The van der Waals surface area contributed by atoms with Crippen LogP contribution in [0.3, 0.4) is 0 Å². The van der Waals surface area contributed by atoms with Gasteiger partial charge in [-0.15, -0.1) is 0 Å². The summed E-state index contributed by atoms with van der Waals surface area (Å²) in [5.74, 6) is 0.0123. The van der Waals surface area contributed by atoms with Crippen molar-refractivity contribution in [1.29, 1.82) is 0 Å². The van der Waals surface area contributed by atoms with E-state index in [2.05, 4.69) is 0 Å². The van der Waals surface area contributed by atoms with Crippen molar-refractivity contribution >= 4 is 46.3 Å². The number of nitrogens with zero attached hydrogens (tertiary/aromatic N) is 1. The molecule has 2 rings (SSSR count). The molecule has 0 aliphatic carbocycles. The molecule has 2 heterocycles. The van der Waals surface area contributed by atoms with Crippen molar-refractivity contribution in [1.82, 2.24) is 4.90 Å². The third-order valence-electron chi connectivity index (χ3n) is 3.15. The smallest absolute Gasteiger partial charge is 0.326 e. The van der Waals surface area contributed by atoms with E-state index in [1.54, 1.807) is 18.2 Å². The Balaban J connectivity index is 2.27. The van der Waals surface area contributed by atoms with Crippen LogP contribution in [0.1, 0.15) is 31.8 Å². The Morgan fingerprint density at radius 2 is 2.18 bits per heavy atom. The molecule has 5 nitrogen and oxygen atoms in total. The predicted octanol–water partition coefficient (Wildman–Crippen LogP) is 3.29. The van der Waals surface area contributed by atoms with Crippen LogP contribution in [-0.4, -0.2) is 32.2 Å². The lowest BCUT2D eigenvalue weighted by molar-refractivity contribution is -0.145. The van der Waals surface area contributed by atoms with E-state index >= 15 is 0 Å². The average molecular weight is 339 g/mol. The fraction of sp³-hybridized carbons (Fsp3) is 0.400. The second-order valence-corrected chi connectivity index (χ2v) is 7.16. The number of thiocarbonyl (C=S) groups is 1. The molecule has 1 aliphatic rings. The number of amides is 1. The summed E-state index contributed by atoms with van der Waals surface area (Å²) in [4.78, 5) is 25.6. The van der Waals surface area contributed by atoms with Crippen LogP contribution < -0.4 is 0 Å². The van der Waals surface area contributed by atoms with Gasteiger partial charge in [-0.3, -0.25) is 9.69 Å². The summed E-state index contributed by atoms with van der Waals surface area (Å²) in [6.45, 7) is 5.63. The van der Waals surface area contributed by atoms with E-state index in [1.807, 2.05) is 20.8 Å². The van der Waals surface area contributed by atoms with Crippen LogP contribution >= 0.6 is 24.0 Å². The summed E-state index contributed by atoms with van der Waals surface area (Å²) in [6.07, 6.45) is 1.95. The zero-order valence-electron chi connectivity index (χ0n) is 12.5. The molecule has 0 spiro atoms. The molecule has 0 aromatic carbocycles. The highest BCUT2D eigenvalue weighted by molar-refractivity contribution is 8.26. The quantitative estimate of drug-likeness (QED) is 0.656. The summed E-state index contributed by atoms with van der Waals surface area (Å²) < 4.78 is 5.69. The molecular weight excluding hydrogens is 322 g/mol. The molecule has 1 aromatic heterocycles. The minimum atomic E-state index is -1.04. The van der Waals surface area contributed by atoms with Gasteiger partial charge in [0, 0.05) is 6.08 Å². The summed E-state index contributed by atoms with van der Waals surface area (Å²) in [5, 5.41) is 9.40. The minimum Gasteiger partial charge on any atom is -0.480 e. The zero-order valence-corrected chi connectivity index (χ0v) is 14.2. The number of hydrogen-bond acceptors (Lipinski definition) is 5. The van der Waals surface area contributed by atoms with Crippen molar-refractivity contribution < 1.29 is 19.1 Å². The normalized spacial score (nSPS) is 18.5. The molecule has 0 radical (unpaired) electrons. The van der Waals surface area contributed by atoms with Crippen molar-refractivity contribution in [2.24, 2.45) is 5.92 Å². The van der Waals surface area contributed by atoms with Crippen molar-refractivity contribution in [2.75, 3.05) is 0 Å². The molecule has 22 heavy (non-hydrogen) atoms. The van der Waals surface area contributed by atoms with Gasteiger partial charge in [-0.25, -0.2) is 4.79 Å². The van der Waals surface area contributed by atoms with Gasteiger partial charge < -0.3 is 9.52 Å². The number of rotatable bonds is 5. The van der Waals surface area contributed by atoms with Crippen molar-refractivity contribution in [3.8, 4) is 0 Å². The topological polar surface area (TPSA) is 70.8 Å². The number of aliphatic carboxylic acids is 1. The first-order valence-corrected chi connectivity index (χ1v) is 8.08. The van der Waals surface area contributed by atoms with Gasteiger partial charge in [0.15, 0.2) is 0 Å². The average Bonchev–Trinajstić information content (AvgIpc) is 2.92. The summed E-state index contributed by atoms with van der Waals surface area (Å²) in [6, 6.07) is 2.62. The Morgan fingerprint density at radius 3 is 2.68 bits per heavy atom. The van der Waals surface area contributed by atoms with Crippen LogP contribution in [0, 0.1) is 12.8 Å². The fourth-order valence-corrected chi connectivity index (χ4v) is 3.51. The third-order valence-corrected chi connectivity index (χ3v) is 4.48. The van der Waals surface area contributed by atoms with Crippen molar-refractivity contribution in [3.63, 3.8) is 0 Å². The standard InChI is InChI=1S/C15H17NO4S2/c1-8(2)6-11(14(18)19)16-13(17)12(22-15(16)21)7-10-5-4-9(3)20-10/h4-5,7-8,11H,6H2,1-3H3,(H,18,19)/b12-7-. The molecule has 118 valence electrons. The Bertz CT molecular complexity index is 648. The van der Waals surface area contributed by atoms with Gasteiger partial charge in [0.1, 0.15) is 21.9 Å². The second-order valence-electron chi connectivity index (χ2n) is 5.48. The molecule has 1 saturated heterocycles. The number of carboxylic acids is 1. The zero-order chi connectivity index (χ0) is 16.4. The lowest BCUT2D eigenvalue weighted by atomic mass is 10.0. The third kappa shape index (κ3) is 3.59. The van der Waals surface area contributed by atoms with Crippen LogP contribution in [0.25, 0.3) is 6.08 Å². The molecular formula is C15H17NO4S2. The van der Waals surface area contributed by atoms with Crippen LogP contribution in [0.5, 0.6) is 0 Å². The fourth-order valence-electron chi connectivity index (χ4n) is 2.17. The number of carboxylic acid groups (broad SMARTS) is 1. The predicted molar refractivity (Wildman–Crippen MR) is 89.3 cm³/mol. The van der Waals surface area contributed by atoms with Gasteiger partial charge in [-0.1, -0.05) is 37.8 Å². The van der Waals surface area contributed by atoms with Gasteiger partial charge in [0.25, 0.3) is 5.91 Å². The van der Waals surface area contributed by atoms with Crippen LogP contribution in [-0.2, 0) is 9.59 Å². The Morgan fingerprint density at radius 1 is 1.50 bits per heavy atom. The molecule has 0 bridgehead atoms. The van der Waals surface area contributed by atoms with Crippen LogP contribution in [0.4, 0.5) is 0 Å². The van der Waals surface area contributed by atoms with E-state index in [-0.39, 0.29) is 16.1 Å². The van der Waals surface area contributed by atoms with Gasteiger partial charge in [-0.2, -0.15) is 0 Å². The molecule has 1 aliphatic heterocycles. The van der Waals surface area contributed by atoms with Crippen molar-refractivity contribution in [3.05, 3.63) is 28.6 Å². The van der Waals surface area contributed by atoms with E-state index in [0.29, 0.717) is 17.1 Å². The van der Waals surface area contributed by atoms with E-state index in [9.17, 15) is 14.7 Å². The summed E-state index contributed by atoms with van der Waals surface area (Å²) in [7, 11) is 0. The molecule has 0 saturated carbocycles. The van der Waals surface area contributed by atoms with Gasteiger partial charge in [0.05, 0.1) is 4.91 Å². The van der Waals surface area contributed by atoms with E-state index in [0.717, 1.165) is 17.5 Å². The molecule has 1 amide bonds. The SMILES string of the molecule is Cc1ccc(/C=C2\SC(=S)N(C(CC(C)C)C(=O)O)C2=O)o1. The molecule has 7 heteroatoms. The minimum absolute atomic E-state index is 0.141.